The van der Waals surface area contributed by atoms with Crippen LogP contribution in [0.25, 0.3) is 0 Å². The smallest absolute Gasteiger partial charge is 0.251 e. The molecule has 0 aromatic heterocycles. The first-order valence-corrected chi connectivity index (χ1v) is 5.76. The van der Waals surface area contributed by atoms with Gasteiger partial charge in [-0.1, -0.05) is 30.6 Å². The number of oxime groups is 1. The number of hydrogen-bond acceptors (Lipinski definition) is 3. The molecule has 0 fully saturated rings. The van der Waals surface area contributed by atoms with Gasteiger partial charge in [0.25, 0.3) is 5.91 Å². The van der Waals surface area contributed by atoms with Gasteiger partial charge in [0.1, 0.15) is 5.84 Å². The van der Waals surface area contributed by atoms with Crippen molar-refractivity contribution in [1.82, 2.24) is 5.32 Å². The molecule has 0 radical (unpaired) electrons. The number of carbonyl (C=O) groups excluding carboxylic acids is 1. The SMILES string of the molecule is CC(C)(CNC(=O)c1ccc(Cl)cc1)/C(N)=N/O. The lowest BCUT2D eigenvalue weighted by Gasteiger charge is -2.23. The second-order valence-corrected chi connectivity index (χ2v) is 5.00. The number of nitrogens with one attached hydrogen (secondary N) is 1. The molecule has 0 saturated heterocycles. The molecule has 0 unspecified atom stereocenters. The van der Waals surface area contributed by atoms with Crippen molar-refractivity contribution in [3.05, 3.63) is 34.9 Å². The molecular formula is C12H16ClN3O2. The van der Waals surface area contributed by atoms with Gasteiger partial charge < -0.3 is 16.3 Å². The lowest BCUT2D eigenvalue weighted by Crippen LogP contribution is -2.42. The van der Waals surface area contributed by atoms with Crippen molar-refractivity contribution in [3.63, 3.8) is 0 Å². The number of halogens is 1. The summed E-state index contributed by atoms with van der Waals surface area (Å²) in [5.74, 6) is -0.163. The number of benzene rings is 1. The average Bonchev–Trinajstić information content (AvgIpc) is 2.35. The van der Waals surface area contributed by atoms with Crippen LogP contribution >= 0.6 is 11.6 Å². The highest BCUT2D eigenvalue weighted by Gasteiger charge is 2.24. The Labute approximate surface area is 111 Å². The molecule has 1 rings (SSSR count). The second kappa shape index (κ2) is 5.73. The first kappa shape index (κ1) is 14.3. The molecule has 0 aliphatic heterocycles. The molecule has 18 heavy (non-hydrogen) atoms. The Morgan fingerprint density at radius 3 is 2.50 bits per heavy atom. The van der Waals surface area contributed by atoms with E-state index in [0.29, 0.717) is 10.6 Å². The fourth-order valence-electron chi connectivity index (χ4n) is 1.23. The van der Waals surface area contributed by atoms with Crippen molar-refractivity contribution < 1.29 is 10.0 Å². The van der Waals surface area contributed by atoms with E-state index in [4.69, 9.17) is 22.5 Å². The lowest BCUT2D eigenvalue weighted by atomic mass is 9.92. The molecule has 98 valence electrons. The number of amidine groups is 1. The van der Waals surface area contributed by atoms with Gasteiger partial charge in [0.05, 0.1) is 0 Å². The van der Waals surface area contributed by atoms with E-state index < -0.39 is 5.41 Å². The van der Waals surface area contributed by atoms with Crippen LogP contribution in [0.4, 0.5) is 0 Å². The van der Waals surface area contributed by atoms with Gasteiger partial charge in [0.15, 0.2) is 0 Å². The molecule has 6 heteroatoms. The summed E-state index contributed by atoms with van der Waals surface area (Å²) < 4.78 is 0. The topological polar surface area (TPSA) is 87.7 Å². The number of nitrogens with two attached hydrogens (primary N) is 1. The van der Waals surface area contributed by atoms with Crippen LogP contribution in [0.3, 0.4) is 0 Å². The van der Waals surface area contributed by atoms with Crippen molar-refractivity contribution in [3.8, 4) is 0 Å². The van der Waals surface area contributed by atoms with Gasteiger partial charge in [-0.25, -0.2) is 0 Å². The molecular weight excluding hydrogens is 254 g/mol. The Morgan fingerprint density at radius 2 is 2.00 bits per heavy atom. The first-order chi connectivity index (χ1) is 8.36. The van der Waals surface area contributed by atoms with Crippen LogP contribution in [0.2, 0.25) is 5.02 Å². The summed E-state index contributed by atoms with van der Waals surface area (Å²) in [6.07, 6.45) is 0. The molecule has 0 heterocycles. The highest BCUT2D eigenvalue weighted by Crippen LogP contribution is 2.14. The number of rotatable bonds is 4. The van der Waals surface area contributed by atoms with Gasteiger partial charge in [0, 0.05) is 22.5 Å². The quantitative estimate of drug-likeness (QED) is 0.337. The van der Waals surface area contributed by atoms with Gasteiger partial charge in [-0.05, 0) is 24.3 Å². The number of amides is 1. The molecule has 0 saturated carbocycles. The van der Waals surface area contributed by atoms with Crippen LogP contribution in [0.15, 0.2) is 29.4 Å². The van der Waals surface area contributed by atoms with Crippen LogP contribution in [0.5, 0.6) is 0 Å². The zero-order chi connectivity index (χ0) is 13.8. The Kier molecular flexibility index (Phi) is 4.55. The molecule has 1 aromatic rings. The molecule has 0 spiro atoms. The van der Waals surface area contributed by atoms with Crippen molar-refractivity contribution in [1.29, 1.82) is 0 Å². The van der Waals surface area contributed by atoms with Gasteiger partial charge in [-0.2, -0.15) is 0 Å². The fourth-order valence-corrected chi connectivity index (χ4v) is 1.36. The van der Waals surface area contributed by atoms with E-state index in [2.05, 4.69) is 10.5 Å². The summed E-state index contributed by atoms with van der Waals surface area (Å²) >= 11 is 5.73. The maximum Gasteiger partial charge on any atom is 0.251 e. The minimum atomic E-state index is -0.614. The van der Waals surface area contributed by atoms with Crippen LogP contribution < -0.4 is 11.1 Å². The minimum Gasteiger partial charge on any atom is -0.409 e. The second-order valence-electron chi connectivity index (χ2n) is 4.56. The predicted molar refractivity (Wildman–Crippen MR) is 71.0 cm³/mol. The molecule has 0 aliphatic carbocycles. The molecule has 0 bridgehead atoms. The minimum absolute atomic E-state index is 0.0684. The first-order valence-electron chi connectivity index (χ1n) is 5.38. The van der Waals surface area contributed by atoms with Gasteiger partial charge in [-0.3, -0.25) is 4.79 Å². The van der Waals surface area contributed by atoms with E-state index in [1.54, 1.807) is 38.1 Å². The third-order valence-electron chi connectivity index (χ3n) is 2.60. The Balaban J connectivity index is 2.64. The number of nitrogens with zero attached hydrogens (tertiary/aromatic N) is 1. The maximum absolute atomic E-state index is 11.8. The average molecular weight is 270 g/mol. The monoisotopic (exact) mass is 269 g/mol. The van der Waals surface area contributed by atoms with Crippen LogP contribution in [0, 0.1) is 5.41 Å². The van der Waals surface area contributed by atoms with Crippen molar-refractivity contribution in [2.45, 2.75) is 13.8 Å². The Bertz CT molecular complexity index is 455. The van der Waals surface area contributed by atoms with Gasteiger partial charge >= 0.3 is 0 Å². The van der Waals surface area contributed by atoms with Crippen LogP contribution in [0.1, 0.15) is 24.2 Å². The van der Waals surface area contributed by atoms with Crippen LogP contribution in [-0.2, 0) is 0 Å². The molecule has 0 atom stereocenters. The summed E-state index contributed by atoms with van der Waals surface area (Å²) in [7, 11) is 0. The highest BCUT2D eigenvalue weighted by molar-refractivity contribution is 6.30. The van der Waals surface area contributed by atoms with E-state index >= 15 is 0 Å². The van der Waals surface area contributed by atoms with E-state index in [0.717, 1.165) is 0 Å². The Hall–Kier alpha value is -1.75. The fraction of sp³-hybridized carbons (Fsp3) is 0.333. The highest BCUT2D eigenvalue weighted by atomic mass is 35.5. The molecule has 4 N–H and O–H groups in total. The molecule has 1 amide bonds. The normalized spacial score (nSPS) is 12.3. The standard InChI is InChI=1S/C12H16ClN3O2/c1-12(2,11(14)16-18)7-15-10(17)8-3-5-9(13)6-4-8/h3-6,18H,7H2,1-2H3,(H2,14,16)(H,15,17). The van der Waals surface area contributed by atoms with E-state index in [1.165, 1.54) is 0 Å². The summed E-state index contributed by atoms with van der Waals surface area (Å²) in [6.45, 7) is 3.80. The van der Waals surface area contributed by atoms with E-state index in [9.17, 15) is 4.79 Å². The lowest BCUT2D eigenvalue weighted by molar-refractivity contribution is 0.0944. The number of carbonyl (C=O) groups is 1. The number of hydrogen-bond donors (Lipinski definition) is 3. The molecule has 5 nitrogen and oxygen atoms in total. The van der Waals surface area contributed by atoms with Crippen molar-refractivity contribution in [2.75, 3.05) is 6.54 Å². The largest absolute Gasteiger partial charge is 0.409 e. The van der Waals surface area contributed by atoms with Crippen LogP contribution in [-0.4, -0.2) is 23.5 Å². The van der Waals surface area contributed by atoms with Gasteiger partial charge in [-0.15, -0.1) is 0 Å². The van der Waals surface area contributed by atoms with Crippen molar-refractivity contribution >= 4 is 23.3 Å². The third-order valence-corrected chi connectivity index (χ3v) is 2.85. The zero-order valence-corrected chi connectivity index (χ0v) is 11.0. The summed E-state index contributed by atoms with van der Waals surface area (Å²) in [4.78, 5) is 11.8. The maximum atomic E-state index is 11.8. The molecule has 0 aliphatic rings. The predicted octanol–water partition coefficient (Wildman–Crippen LogP) is 1.84. The summed E-state index contributed by atoms with van der Waals surface area (Å²) in [5.41, 5.74) is 5.42. The zero-order valence-electron chi connectivity index (χ0n) is 10.3. The molecule has 1 aromatic carbocycles. The summed E-state index contributed by atoms with van der Waals surface area (Å²) in [6, 6.07) is 6.55. The van der Waals surface area contributed by atoms with Crippen molar-refractivity contribution in [2.24, 2.45) is 16.3 Å². The Morgan fingerprint density at radius 1 is 1.44 bits per heavy atom. The third kappa shape index (κ3) is 3.63. The van der Waals surface area contributed by atoms with E-state index in [1.807, 2.05) is 0 Å². The van der Waals surface area contributed by atoms with Gasteiger partial charge in [0.2, 0.25) is 0 Å². The summed E-state index contributed by atoms with van der Waals surface area (Å²) in [5, 5.41) is 14.9. The van der Waals surface area contributed by atoms with E-state index in [-0.39, 0.29) is 18.3 Å².